The lowest BCUT2D eigenvalue weighted by atomic mass is 9.77. The maximum absolute atomic E-state index is 11.9. The first-order valence-electron chi connectivity index (χ1n) is 5.23. The molecule has 1 aromatic carbocycles. The van der Waals surface area contributed by atoms with Crippen molar-refractivity contribution in [2.24, 2.45) is 0 Å². The van der Waals surface area contributed by atoms with Crippen LogP contribution in [0, 0.1) is 0 Å². The molecular formula is C12H13NO3. The van der Waals surface area contributed by atoms with Crippen molar-refractivity contribution in [3.8, 4) is 0 Å². The molecule has 16 heavy (non-hydrogen) atoms. The van der Waals surface area contributed by atoms with Gasteiger partial charge in [0.2, 0.25) is 5.91 Å². The van der Waals surface area contributed by atoms with Gasteiger partial charge in [-0.15, -0.1) is 0 Å². The second-order valence-corrected chi connectivity index (χ2v) is 3.83. The van der Waals surface area contributed by atoms with Crippen molar-refractivity contribution < 1.29 is 14.3 Å². The molecule has 1 aliphatic heterocycles. The smallest absolute Gasteiger partial charge is 0.413 e. The number of alkyl carbamates (subject to hydrolysis) is 1. The molecule has 4 nitrogen and oxygen atoms in total. The van der Waals surface area contributed by atoms with Crippen LogP contribution in [-0.2, 0) is 14.9 Å². The van der Waals surface area contributed by atoms with Crippen LogP contribution < -0.4 is 5.32 Å². The highest BCUT2D eigenvalue weighted by molar-refractivity contribution is 6.00. The van der Waals surface area contributed by atoms with Crippen LogP contribution in [0.5, 0.6) is 0 Å². The van der Waals surface area contributed by atoms with Crippen molar-refractivity contribution in [2.45, 2.75) is 18.8 Å². The van der Waals surface area contributed by atoms with Crippen molar-refractivity contribution in [2.75, 3.05) is 6.61 Å². The van der Waals surface area contributed by atoms with Crippen LogP contribution in [0.1, 0.15) is 18.9 Å². The Labute approximate surface area is 93.6 Å². The van der Waals surface area contributed by atoms with Crippen molar-refractivity contribution in [1.82, 2.24) is 5.32 Å². The molecule has 2 amide bonds. The van der Waals surface area contributed by atoms with Gasteiger partial charge in [0.05, 0.1) is 0 Å². The molecule has 2 rings (SSSR count). The molecule has 0 saturated carbocycles. The molecule has 4 heteroatoms. The van der Waals surface area contributed by atoms with Gasteiger partial charge >= 0.3 is 6.09 Å². The SMILES string of the molecule is CCC1(c2ccccc2)COC(=O)NC1=O. The number of hydrogen-bond acceptors (Lipinski definition) is 3. The van der Waals surface area contributed by atoms with Gasteiger partial charge in [0.25, 0.3) is 0 Å². The Morgan fingerprint density at radius 2 is 2.00 bits per heavy atom. The van der Waals surface area contributed by atoms with E-state index in [1.165, 1.54) is 0 Å². The lowest BCUT2D eigenvalue weighted by molar-refractivity contribution is -0.130. The molecule has 1 fully saturated rings. The Morgan fingerprint density at radius 1 is 1.31 bits per heavy atom. The summed E-state index contributed by atoms with van der Waals surface area (Å²) in [6.45, 7) is 2.02. The summed E-state index contributed by atoms with van der Waals surface area (Å²) in [5.41, 5.74) is 0.136. The van der Waals surface area contributed by atoms with Crippen molar-refractivity contribution in [3.05, 3.63) is 35.9 Å². The molecule has 1 aliphatic rings. The molecule has 0 aromatic heterocycles. The topological polar surface area (TPSA) is 55.4 Å². The second kappa shape index (κ2) is 3.96. The summed E-state index contributed by atoms with van der Waals surface area (Å²) in [6, 6.07) is 9.39. The maximum Gasteiger partial charge on any atom is 0.413 e. The van der Waals surface area contributed by atoms with Crippen LogP contribution in [0.15, 0.2) is 30.3 Å². The number of rotatable bonds is 2. The summed E-state index contributed by atoms with van der Waals surface area (Å²) in [7, 11) is 0. The van der Waals surface area contributed by atoms with Gasteiger partial charge in [0.15, 0.2) is 0 Å². The minimum absolute atomic E-state index is 0.109. The molecule has 1 atom stereocenters. The van der Waals surface area contributed by atoms with Gasteiger partial charge in [-0.1, -0.05) is 37.3 Å². The normalized spacial score (nSPS) is 24.8. The molecule has 84 valence electrons. The van der Waals surface area contributed by atoms with Crippen LogP contribution in [-0.4, -0.2) is 18.6 Å². The molecule has 0 bridgehead atoms. The quantitative estimate of drug-likeness (QED) is 0.822. The first-order chi connectivity index (χ1) is 7.69. The van der Waals surface area contributed by atoms with Crippen LogP contribution in [0.25, 0.3) is 0 Å². The fourth-order valence-corrected chi connectivity index (χ4v) is 1.94. The molecule has 1 saturated heterocycles. The standard InChI is InChI=1S/C12H13NO3/c1-2-12(9-6-4-3-5-7-9)8-16-11(15)13-10(12)14/h3-7H,2,8H2,1H3,(H,13,14,15). The van der Waals surface area contributed by atoms with Crippen LogP contribution in [0.2, 0.25) is 0 Å². The Morgan fingerprint density at radius 3 is 2.56 bits per heavy atom. The molecule has 1 aromatic rings. The zero-order valence-corrected chi connectivity index (χ0v) is 9.03. The Hall–Kier alpha value is -1.84. The first-order valence-corrected chi connectivity index (χ1v) is 5.23. The molecule has 1 unspecified atom stereocenters. The van der Waals surface area contributed by atoms with Gasteiger partial charge < -0.3 is 4.74 Å². The van der Waals surface area contributed by atoms with Crippen molar-refractivity contribution in [3.63, 3.8) is 0 Å². The lowest BCUT2D eigenvalue weighted by Crippen LogP contribution is -2.54. The van der Waals surface area contributed by atoms with E-state index in [9.17, 15) is 9.59 Å². The number of amides is 2. The van der Waals surface area contributed by atoms with E-state index >= 15 is 0 Å². The molecule has 1 heterocycles. The van der Waals surface area contributed by atoms with Crippen LogP contribution >= 0.6 is 0 Å². The molecule has 0 radical (unpaired) electrons. The summed E-state index contributed by atoms with van der Waals surface area (Å²) in [5, 5.41) is 2.22. The Bertz CT molecular complexity index is 416. The summed E-state index contributed by atoms with van der Waals surface area (Å²) in [4.78, 5) is 22.9. The largest absolute Gasteiger partial charge is 0.448 e. The molecular weight excluding hydrogens is 206 g/mol. The number of ether oxygens (including phenoxy) is 1. The van der Waals surface area contributed by atoms with Gasteiger partial charge in [-0.05, 0) is 12.0 Å². The summed E-state index contributed by atoms with van der Waals surface area (Å²) in [6.07, 6.45) is -0.0687. The van der Waals surface area contributed by atoms with Crippen molar-refractivity contribution in [1.29, 1.82) is 0 Å². The monoisotopic (exact) mass is 219 g/mol. The fraction of sp³-hybridized carbons (Fsp3) is 0.333. The highest BCUT2D eigenvalue weighted by Crippen LogP contribution is 2.30. The number of hydrogen-bond donors (Lipinski definition) is 1. The lowest BCUT2D eigenvalue weighted by Gasteiger charge is -2.34. The van der Waals surface area contributed by atoms with Crippen LogP contribution in [0.4, 0.5) is 4.79 Å². The second-order valence-electron chi connectivity index (χ2n) is 3.83. The summed E-state index contributed by atoms with van der Waals surface area (Å²) < 4.78 is 4.94. The van der Waals surface area contributed by atoms with E-state index in [1.807, 2.05) is 37.3 Å². The predicted molar refractivity (Wildman–Crippen MR) is 57.9 cm³/mol. The summed E-state index contributed by atoms with van der Waals surface area (Å²) in [5.74, 6) is -0.280. The van der Waals surface area contributed by atoms with Crippen molar-refractivity contribution >= 4 is 12.0 Å². The predicted octanol–water partition coefficient (Wildman–Crippen LogP) is 1.60. The minimum Gasteiger partial charge on any atom is -0.448 e. The average molecular weight is 219 g/mol. The molecule has 0 aliphatic carbocycles. The molecule has 1 N–H and O–H groups in total. The fourth-order valence-electron chi connectivity index (χ4n) is 1.94. The number of carbonyl (C=O) groups excluding carboxylic acids is 2. The summed E-state index contributed by atoms with van der Waals surface area (Å²) >= 11 is 0. The third-order valence-corrected chi connectivity index (χ3v) is 3.03. The van der Waals surface area contributed by atoms with E-state index in [4.69, 9.17) is 4.74 Å². The van der Waals surface area contributed by atoms with E-state index in [1.54, 1.807) is 0 Å². The van der Waals surface area contributed by atoms with E-state index < -0.39 is 11.5 Å². The molecule has 0 spiro atoms. The van der Waals surface area contributed by atoms with E-state index in [2.05, 4.69) is 5.32 Å². The van der Waals surface area contributed by atoms with Gasteiger partial charge in [0, 0.05) is 0 Å². The minimum atomic E-state index is -0.741. The maximum atomic E-state index is 11.9. The third-order valence-electron chi connectivity index (χ3n) is 3.03. The number of carbonyl (C=O) groups is 2. The highest BCUT2D eigenvalue weighted by atomic mass is 16.6. The van der Waals surface area contributed by atoms with E-state index in [-0.39, 0.29) is 12.5 Å². The Balaban J connectivity index is 2.40. The zero-order chi connectivity index (χ0) is 11.6. The number of imide groups is 1. The first kappa shape index (κ1) is 10.7. The Kier molecular flexibility index (Phi) is 2.64. The third kappa shape index (κ3) is 1.56. The van der Waals surface area contributed by atoms with E-state index in [0.717, 1.165) is 5.56 Å². The number of cyclic esters (lactones) is 1. The zero-order valence-electron chi connectivity index (χ0n) is 9.03. The average Bonchev–Trinajstić information content (AvgIpc) is 2.31. The van der Waals surface area contributed by atoms with Gasteiger partial charge in [0.1, 0.15) is 12.0 Å². The number of nitrogens with one attached hydrogen (secondary N) is 1. The van der Waals surface area contributed by atoms with Gasteiger partial charge in [-0.2, -0.15) is 0 Å². The van der Waals surface area contributed by atoms with Gasteiger partial charge in [-0.25, -0.2) is 4.79 Å². The van der Waals surface area contributed by atoms with Crippen LogP contribution in [0.3, 0.4) is 0 Å². The highest BCUT2D eigenvalue weighted by Gasteiger charge is 2.44. The van der Waals surface area contributed by atoms with Gasteiger partial charge in [-0.3, -0.25) is 10.1 Å². The number of benzene rings is 1. The van der Waals surface area contributed by atoms with E-state index in [0.29, 0.717) is 6.42 Å².